The lowest BCUT2D eigenvalue weighted by molar-refractivity contribution is -0.182. The zero-order valence-electron chi connectivity index (χ0n) is 69.2. The van der Waals surface area contributed by atoms with Crippen LogP contribution in [0.5, 0.6) is 0 Å². The fourth-order valence-corrected chi connectivity index (χ4v) is 23.9. The summed E-state index contributed by atoms with van der Waals surface area (Å²) in [6.45, 7) is 37.7. The summed E-state index contributed by atoms with van der Waals surface area (Å²) in [5.41, 5.74) is -2.92. The normalized spacial score (nSPS) is 41.1. The molecule has 25 atom stereocenters. The monoisotopic (exact) mass is 1540 g/mol. The molecule has 25 unspecified atom stereocenters. The largest absolute Gasteiger partial charge is 0.498 e. The Labute approximate surface area is 653 Å². The van der Waals surface area contributed by atoms with Crippen molar-refractivity contribution < 1.29 is 100 Å². The summed E-state index contributed by atoms with van der Waals surface area (Å²) in [6.07, 6.45) is 24.1. The molecular formula is C89H132O21. The summed E-state index contributed by atoms with van der Waals surface area (Å²) >= 11 is 0. The van der Waals surface area contributed by atoms with Crippen LogP contribution in [0.15, 0.2) is 12.3 Å². The van der Waals surface area contributed by atoms with Gasteiger partial charge in [-0.15, -0.1) is 0 Å². The number of fused-ring (bicyclic) bond motifs is 15. The van der Waals surface area contributed by atoms with Crippen LogP contribution in [0.25, 0.3) is 0 Å². The molecule has 5 saturated heterocycles. The Morgan fingerprint density at radius 1 is 0.455 bits per heavy atom. The number of allylic oxidation sites excluding steroid dienone is 1. The summed E-state index contributed by atoms with van der Waals surface area (Å²) in [7, 11) is 0. The molecule has 17 rings (SSSR count). The fourth-order valence-electron chi connectivity index (χ4n) is 23.9. The van der Waals surface area contributed by atoms with E-state index in [9.17, 15) is 47.9 Å². The molecule has 5 heterocycles. The summed E-state index contributed by atoms with van der Waals surface area (Å²) in [6, 6.07) is 0. The third kappa shape index (κ3) is 14.7. The van der Waals surface area contributed by atoms with E-state index in [1.165, 1.54) is 12.8 Å². The van der Waals surface area contributed by atoms with Gasteiger partial charge in [-0.05, 0) is 277 Å². The van der Waals surface area contributed by atoms with Crippen molar-refractivity contribution in [3.8, 4) is 0 Å². The van der Waals surface area contributed by atoms with Gasteiger partial charge in [0.05, 0.1) is 88.3 Å². The van der Waals surface area contributed by atoms with Crippen LogP contribution < -0.4 is 0 Å². The first-order chi connectivity index (χ1) is 51.7. The standard InChI is InChI=1S/C24H34O6.C17H26O3.3C16H24O4/c1-5-23(3,4)22(27)29-19-15-10-14-16(20(25)28-18(14)19)17(15)21(26)30-24(6-2)11-12-7-8-13(24)9-12;1-5-16(3,4)15(18)20-14-7-13-6-12(14)9-17(13)8-11(2)19-10-17;1-4-15(2,3)14(18)20-12-6-10-5-11(12)16(7-10)8-13(17)19-9-16;1-4-15(2,3)13(17)20-12-8-11-7-10(12)9-16(11)5-6-19-14(16)18;1-4-15(2,3)13(17)20-12-8-10-7-11(12)16(9-10)5-6-19-14(16)18/h12-19H,5-11H2,1-4H3;12-14H,2,5-10H2,1,3-4H3;3*10-12H,4-9H2,1-3H3. The van der Waals surface area contributed by atoms with Crippen LogP contribution in [-0.4, -0.2) is 128 Å². The lowest BCUT2D eigenvalue weighted by atomic mass is 9.71. The van der Waals surface area contributed by atoms with Crippen LogP contribution in [0.2, 0.25) is 0 Å². The van der Waals surface area contributed by atoms with Crippen LogP contribution in [0.1, 0.15) is 284 Å². The molecule has 614 valence electrons. The van der Waals surface area contributed by atoms with E-state index < -0.39 is 45.7 Å². The first-order valence-electron chi connectivity index (χ1n) is 43.0. The summed E-state index contributed by atoms with van der Waals surface area (Å²) in [5, 5.41) is 0. The Balaban J connectivity index is 0.000000122. The number of hydrogen-bond donors (Lipinski definition) is 0. The van der Waals surface area contributed by atoms with E-state index in [4.69, 9.17) is 52.1 Å². The zero-order chi connectivity index (χ0) is 79.6. The van der Waals surface area contributed by atoms with E-state index in [-0.39, 0.29) is 129 Å². The van der Waals surface area contributed by atoms with Gasteiger partial charge in [-0.25, -0.2) is 0 Å². The average Bonchev–Trinajstić information content (AvgIpc) is 1.55. The minimum Gasteiger partial charge on any atom is -0.498 e. The number of cyclic esters (lactones) is 3. The van der Waals surface area contributed by atoms with Crippen LogP contribution >= 0.6 is 0 Å². The first kappa shape index (κ1) is 82.2. The Kier molecular flexibility index (Phi) is 22.5. The molecular weight excluding hydrogens is 1400 g/mol. The maximum Gasteiger partial charge on any atom is 0.312 e. The SMILES string of the molecule is C=C1CC2(CO1)CC1CC2CC1OC(=O)C(C)(C)CC.CCC(C)(C)C(=O)OC1C2CC3C1OC(=O)C3C2C(=O)OC1(CC)CC2CCC1C2.CCC(C)(C)C(=O)OC1CC2CC1C1(CCOC1=O)C2.CCC(C)(C)C(=O)OC1CC2CC1C1(COC(=O)C1)C2.CCC(C)(C)C(=O)OC1CC2CC1CC21CCOC1=O. The van der Waals surface area contributed by atoms with E-state index in [2.05, 4.69) is 13.5 Å². The summed E-state index contributed by atoms with van der Waals surface area (Å²) < 4.78 is 62.2. The van der Waals surface area contributed by atoms with Crippen molar-refractivity contribution >= 4 is 59.7 Å². The van der Waals surface area contributed by atoms with Crippen LogP contribution in [0.4, 0.5) is 0 Å². The molecule has 0 aromatic heterocycles. The van der Waals surface area contributed by atoms with Crippen molar-refractivity contribution in [3.05, 3.63) is 12.3 Å². The lowest BCUT2D eigenvalue weighted by Crippen LogP contribution is -2.48. The van der Waals surface area contributed by atoms with E-state index in [0.717, 1.165) is 154 Å². The first-order valence-corrected chi connectivity index (χ1v) is 43.0. The van der Waals surface area contributed by atoms with E-state index in [0.29, 0.717) is 97.8 Å². The van der Waals surface area contributed by atoms with Crippen LogP contribution in [0.3, 0.4) is 0 Å². The molecule has 12 aliphatic carbocycles. The highest BCUT2D eigenvalue weighted by Crippen LogP contribution is 2.66. The van der Waals surface area contributed by atoms with Gasteiger partial charge in [0.2, 0.25) is 0 Å². The van der Waals surface area contributed by atoms with Gasteiger partial charge in [-0.1, -0.05) is 48.1 Å². The van der Waals surface area contributed by atoms with Gasteiger partial charge in [0.1, 0.15) is 42.2 Å². The van der Waals surface area contributed by atoms with Crippen LogP contribution in [0, 0.1) is 132 Å². The van der Waals surface area contributed by atoms with Crippen molar-refractivity contribution in [2.24, 2.45) is 132 Å². The van der Waals surface area contributed by atoms with Gasteiger partial charge in [0, 0.05) is 40.9 Å². The minimum atomic E-state index is -0.602. The fraction of sp³-hybridized carbons (Fsp3) is 0.865. The van der Waals surface area contributed by atoms with Gasteiger partial charge < -0.3 is 52.1 Å². The molecule has 12 saturated carbocycles. The molecule has 21 heteroatoms. The van der Waals surface area contributed by atoms with Crippen LogP contribution in [-0.2, 0) is 100 Å². The van der Waals surface area contributed by atoms with Crippen molar-refractivity contribution in [1.29, 1.82) is 0 Å². The highest BCUT2D eigenvalue weighted by molar-refractivity contribution is 5.87. The number of rotatable bonds is 18. The molecule has 0 amide bonds. The second kappa shape index (κ2) is 30.1. The smallest absolute Gasteiger partial charge is 0.312 e. The van der Waals surface area contributed by atoms with Gasteiger partial charge in [0.25, 0.3) is 0 Å². The highest BCUT2D eigenvalue weighted by Gasteiger charge is 2.72. The number of hydrogen-bond acceptors (Lipinski definition) is 21. The maximum absolute atomic E-state index is 13.5. The number of ether oxygens (including phenoxy) is 11. The second-order valence-corrected chi connectivity index (χ2v) is 41.0. The molecule has 0 aromatic carbocycles. The average molecular weight is 1540 g/mol. The van der Waals surface area contributed by atoms with E-state index in [1.54, 1.807) is 0 Å². The van der Waals surface area contributed by atoms with Crippen molar-refractivity contribution in [3.63, 3.8) is 0 Å². The lowest BCUT2D eigenvalue weighted by Gasteiger charge is -2.39. The highest BCUT2D eigenvalue weighted by atomic mass is 16.6. The van der Waals surface area contributed by atoms with Gasteiger partial charge in [-0.3, -0.25) is 47.9 Å². The minimum absolute atomic E-state index is 0.0105. The summed E-state index contributed by atoms with van der Waals surface area (Å²) in [4.78, 5) is 123. The number of carbonyl (C=O) groups is 10. The van der Waals surface area contributed by atoms with Gasteiger partial charge >= 0.3 is 59.7 Å². The number of carbonyl (C=O) groups excluding carboxylic acids is 10. The molecule has 21 nitrogen and oxygen atoms in total. The van der Waals surface area contributed by atoms with Gasteiger partial charge in [-0.2, -0.15) is 0 Å². The molecule has 5 aliphatic heterocycles. The predicted molar refractivity (Wildman–Crippen MR) is 402 cm³/mol. The Morgan fingerprint density at radius 2 is 0.955 bits per heavy atom. The quantitative estimate of drug-likeness (QED) is 0.0911. The van der Waals surface area contributed by atoms with Crippen molar-refractivity contribution in [2.45, 2.75) is 326 Å². The zero-order valence-corrected chi connectivity index (χ0v) is 69.2. The Hall–Kier alpha value is -5.76. The molecule has 17 aliphatic rings. The molecule has 17 fully saturated rings. The Morgan fingerprint density at radius 3 is 1.39 bits per heavy atom. The Bertz CT molecular complexity index is 3590. The molecule has 0 N–H and O–H groups in total. The third-order valence-corrected chi connectivity index (χ3v) is 32.9. The second-order valence-electron chi connectivity index (χ2n) is 41.0. The maximum atomic E-state index is 13.5. The van der Waals surface area contributed by atoms with Crippen molar-refractivity contribution in [1.82, 2.24) is 0 Å². The molecule has 0 aromatic rings. The molecule has 12 bridgehead atoms. The van der Waals surface area contributed by atoms with E-state index >= 15 is 0 Å². The topological polar surface area (TPSA) is 272 Å². The van der Waals surface area contributed by atoms with Crippen molar-refractivity contribution in [2.75, 3.05) is 26.4 Å². The molecule has 110 heavy (non-hydrogen) atoms. The summed E-state index contributed by atoms with van der Waals surface area (Å²) in [5.74, 6) is 2.95. The molecule has 0 radical (unpaired) electrons. The third-order valence-electron chi connectivity index (χ3n) is 32.9. The predicted octanol–water partition coefficient (Wildman–Crippen LogP) is 15.4. The van der Waals surface area contributed by atoms with E-state index in [1.807, 2.05) is 104 Å². The number of esters is 10. The molecule has 4 spiro atoms. The van der Waals surface area contributed by atoms with Gasteiger partial charge in [0.15, 0.2) is 0 Å².